The van der Waals surface area contributed by atoms with Crippen molar-refractivity contribution in [3.8, 4) is 17.0 Å². The van der Waals surface area contributed by atoms with Gasteiger partial charge >= 0.3 is 0 Å². The highest BCUT2D eigenvalue weighted by molar-refractivity contribution is 5.94. The number of ether oxygens (including phenoxy) is 1. The van der Waals surface area contributed by atoms with E-state index in [2.05, 4.69) is 12.0 Å². The Balaban J connectivity index is 1.92. The van der Waals surface area contributed by atoms with Crippen LogP contribution >= 0.6 is 0 Å². The first-order valence-corrected chi connectivity index (χ1v) is 8.64. The third kappa shape index (κ3) is 3.16. The molecule has 0 bridgehead atoms. The maximum Gasteiger partial charge on any atom is 0.272 e. The van der Waals surface area contributed by atoms with Crippen molar-refractivity contribution in [1.29, 1.82) is 0 Å². The van der Waals surface area contributed by atoms with Crippen LogP contribution in [0.3, 0.4) is 0 Å². The Bertz CT molecular complexity index is 715. The van der Waals surface area contributed by atoms with Gasteiger partial charge in [-0.3, -0.25) is 9.48 Å². The number of piperidine rings is 1. The van der Waals surface area contributed by atoms with Crippen molar-refractivity contribution in [2.75, 3.05) is 20.2 Å². The summed E-state index contributed by atoms with van der Waals surface area (Å²) in [6, 6.07) is 9.66. The van der Waals surface area contributed by atoms with Crippen LogP contribution in [0, 0.1) is 5.92 Å². The second kappa shape index (κ2) is 7.07. The molecule has 0 spiro atoms. The van der Waals surface area contributed by atoms with Crippen LogP contribution in [-0.4, -0.2) is 40.8 Å². The summed E-state index contributed by atoms with van der Waals surface area (Å²) in [5, 5.41) is 4.63. The van der Waals surface area contributed by atoms with Crippen LogP contribution in [0.15, 0.2) is 30.3 Å². The lowest BCUT2D eigenvalue weighted by Gasteiger charge is -2.30. The van der Waals surface area contributed by atoms with E-state index in [1.54, 1.807) is 11.8 Å². The van der Waals surface area contributed by atoms with Crippen LogP contribution in [0.1, 0.15) is 37.2 Å². The van der Waals surface area contributed by atoms with Gasteiger partial charge in [-0.25, -0.2) is 0 Å². The Morgan fingerprint density at radius 2 is 2.00 bits per heavy atom. The fourth-order valence-corrected chi connectivity index (χ4v) is 3.19. The number of aryl methyl sites for hydroxylation is 1. The first kappa shape index (κ1) is 16.6. The summed E-state index contributed by atoms with van der Waals surface area (Å²) in [6.45, 7) is 6.59. The third-order valence-corrected chi connectivity index (χ3v) is 4.75. The summed E-state index contributed by atoms with van der Waals surface area (Å²) in [5.41, 5.74) is 2.35. The van der Waals surface area contributed by atoms with E-state index in [0.29, 0.717) is 18.2 Å². The highest BCUT2D eigenvalue weighted by Gasteiger charge is 2.25. The normalized spacial score (nSPS) is 15.5. The Labute approximate surface area is 143 Å². The summed E-state index contributed by atoms with van der Waals surface area (Å²) < 4.78 is 7.22. The third-order valence-electron chi connectivity index (χ3n) is 4.75. The predicted molar refractivity (Wildman–Crippen MR) is 94.2 cm³/mol. The molecular formula is C19H25N3O2. The van der Waals surface area contributed by atoms with E-state index in [4.69, 9.17) is 4.74 Å². The molecule has 0 N–H and O–H groups in total. The minimum atomic E-state index is 0.0809. The second-order valence-electron chi connectivity index (χ2n) is 6.41. The number of amides is 1. The van der Waals surface area contributed by atoms with Gasteiger partial charge in [0.1, 0.15) is 11.4 Å². The number of rotatable bonds is 4. The van der Waals surface area contributed by atoms with Gasteiger partial charge in [-0.1, -0.05) is 19.1 Å². The number of carbonyl (C=O) groups is 1. The van der Waals surface area contributed by atoms with Gasteiger partial charge < -0.3 is 9.64 Å². The van der Waals surface area contributed by atoms with E-state index in [1.807, 2.05) is 42.2 Å². The number of nitrogens with zero attached hydrogens (tertiary/aromatic N) is 3. The molecule has 5 nitrogen and oxygen atoms in total. The lowest BCUT2D eigenvalue weighted by atomic mass is 9.99. The largest absolute Gasteiger partial charge is 0.496 e. The lowest BCUT2D eigenvalue weighted by molar-refractivity contribution is 0.0684. The Kier molecular flexibility index (Phi) is 4.88. The molecule has 0 aliphatic carbocycles. The van der Waals surface area contributed by atoms with E-state index in [9.17, 15) is 4.79 Å². The highest BCUT2D eigenvalue weighted by Crippen LogP contribution is 2.29. The molecular weight excluding hydrogens is 302 g/mol. The predicted octanol–water partition coefficient (Wildman–Crippen LogP) is 3.45. The van der Waals surface area contributed by atoms with Gasteiger partial charge in [-0.2, -0.15) is 5.10 Å². The Morgan fingerprint density at radius 3 is 2.67 bits per heavy atom. The molecule has 1 fully saturated rings. The molecule has 1 aliphatic heterocycles. The standard InChI is InChI=1S/C19H25N3O2/c1-4-22-17(19(23)21-11-9-14(2)10-12-21)13-16(20-22)15-7-5-6-8-18(15)24-3/h5-8,13-14H,4,9-12H2,1-3H3. The van der Waals surface area contributed by atoms with Crippen molar-refractivity contribution < 1.29 is 9.53 Å². The van der Waals surface area contributed by atoms with Gasteiger partial charge in [0.2, 0.25) is 0 Å². The minimum Gasteiger partial charge on any atom is -0.496 e. The molecule has 1 aliphatic rings. The van der Waals surface area contributed by atoms with E-state index < -0.39 is 0 Å². The van der Waals surface area contributed by atoms with Crippen molar-refractivity contribution in [3.63, 3.8) is 0 Å². The van der Waals surface area contributed by atoms with Crippen molar-refractivity contribution in [1.82, 2.24) is 14.7 Å². The molecule has 3 rings (SSSR count). The quantitative estimate of drug-likeness (QED) is 0.864. The van der Waals surface area contributed by atoms with Gasteiger partial charge in [0.05, 0.1) is 12.8 Å². The summed E-state index contributed by atoms with van der Waals surface area (Å²) in [5.74, 6) is 1.55. The van der Waals surface area contributed by atoms with E-state index in [0.717, 1.165) is 42.9 Å². The van der Waals surface area contributed by atoms with Crippen LogP contribution in [0.2, 0.25) is 0 Å². The number of hydrogen-bond acceptors (Lipinski definition) is 3. The minimum absolute atomic E-state index is 0.0809. The molecule has 0 unspecified atom stereocenters. The average molecular weight is 327 g/mol. The fourth-order valence-electron chi connectivity index (χ4n) is 3.19. The zero-order chi connectivity index (χ0) is 17.1. The van der Waals surface area contributed by atoms with E-state index in [1.165, 1.54) is 0 Å². The maximum atomic E-state index is 12.9. The van der Waals surface area contributed by atoms with Crippen molar-refractivity contribution in [3.05, 3.63) is 36.0 Å². The first-order valence-electron chi connectivity index (χ1n) is 8.64. The van der Waals surface area contributed by atoms with Gasteiger partial charge in [0, 0.05) is 25.2 Å². The monoisotopic (exact) mass is 327 g/mol. The molecule has 0 radical (unpaired) electrons. The van der Waals surface area contributed by atoms with Crippen LogP contribution < -0.4 is 4.74 Å². The number of para-hydroxylation sites is 1. The molecule has 5 heteroatoms. The summed E-state index contributed by atoms with van der Waals surface area (Å²) in [6.07, 6.45) is 2.15. The first-order chi connectivity index (χ1) is 11.6. The summed E-state index contributed by atoms with van der Waals surface area (Å²) in [4.78, 5) is 14.9. The van der Waals surface area contributed by atoms with Crippen molar-refractivity contribution in [2.45, 2.75) is 33.2 Å². The molecule has 0 atom stereocenters. The van der Waals surface area contributed by atoms with Crippen LogP contribution in [0.25, 0.3) is 11.3 Å². The highest BCUT2D eigenvalue weighted by atomic mass is 16.5. The molecule has 2 heterocycles. The maximum absolute atomic E-state index is 12.9. The van der Waals surface area contributed by atoms with Crippen LogP contribution in [-0.2, 0) is 6.54 Å². The zero-order valence-corrected chi connectivity index (χ0v) is 14.7. The number of carbonyl (C=O) groups excluding carboxylic acids is 1. The van der Waals surface area contributed by atoms with Crippen molar-refractivity contribution >= 4 is 5.91 Å². The molecule has 1 saturated heterocycles. The fraction of sp³-hybridized carbons (Fsp3) is 0.474. The Hall–Kier alpha value is -2.30. The van der Waals surface area contributed by atoms with Gasteiger partial charge in [0.15, 0.2) is 0 Å². The van der Waals surface area contributed by atoms with E-state index >= 15 is 0 Å². The molecule has 24 heavy (non-hydrogen) atoms. The molecule has 1 amide bonds. The van der Waals surface area contributed by atoms with E-state index in [-0.39, 0.29) is 5.91 Å². The van der Waals surface area contributed by atoms with Gasteiger partial charge in [0.25, 0.3) is 5.91 Å². The summed E-state index contributed by atoms with van der Waals surface area (Å²) >= 11 is 0. The summed E-state index contributed by atoms with van der Waals surface area (Å²) in [7, 11) is 1.65. The number of aromatic nitrogens is 2. The van der Waals surface area contributed by atoms with Crippen LogP contribution in [0.4, 0.5) is 0 Å². The molecule has 1 aromatic heterocycles. The van der Waals surface area contributed by atoms with Crippen LogP contribution in [0.5, 0.6) is 5.75 Å². The molecule has 128 valence electrons. The molecule has 0 saturated carbocycles. The molecule has 1 aromatic carbocycles. The smallest absolute Gasteiger partial charge is 0.272 e. The number of hydrogen-bond donors (Lipinski definition) is 0. The second-order valence-corrected chi connectivity index (χ2v) is 6.41. The number of methoxy groups -OCH3 is 1. The Morgan fingerprint density at radius 1 is 1.29 bits per heavy atom. The topological polar surface area (TPSA) is 47.4 Å². The van der Waals surface area contributed by atoms with Gasteiger partial charge in [-0.05, 0) is 43.9 Å². The van der Waals surface area contributed by atoms with Crippen molar-refractivity contribution in [2.24, 2.45) is 5.92 Å². The lowest BCUT2D eigenvalue weighted by Crippen LogP contribution is -2.38. The average Bonchev–Trinajstić information content (AvgIpc) is 3.06. The SMILES string of the molecule is CCn1nc(-c2ccccc2OC)cc1C(=O)N1CCC(C)CC1. The molecule has 2 aromatic rings. The zero-order valence-electron chi connectivity index (χ0n) is 14.7. The number of benzene rings is 1. The van der Waals surface area contributed by atoms with Gasteiger partial charge in [-0.15, -0.1) is 0 Å². The number of likely N-dealkylation sites (tertiary alicyclic amines) is 1.